The molecule has 82 valence electrons. The van der Waals surface area contributed by atoms with Crippen LogP contribution in [-0.4, -0.2) is 35.5 Å². The maximum atomic E-state index is 11.1. The number of aromatic amines is 1. The van der Waals surface area contributed by atoms with E-state index < -0.39 is 0 Å². The summed E-state index contributed by atoms with van der Waals surface area (Å²) in [5, 5.41) is 6.16. The first-order valence-corrected chi connectivity index (χ1v) is 5.10. The van der Waals surface area contributed by atoms with E-state index in [-0.39, 0.29) is 17.8 Å². The molecule has 0 aromatic carbocycles. The van der Waals surface area contributed by atoms with Gasteiger partial charge < -0.3 is 9.64 Å². The van der Waals surface area contributed by atoms with Crippen molar-refractivity contribution in [2.75, 3.05) is 18.0 Å². The fourth-order valence-electron chi connectivity index (χ4n) is 1.93. The smallest absolute Gasteiger partial charge is 0.266 e. The second-order valence-corrected chi connectivity index (χ2v) is 3.97. The highest BCUT2D eigenvalue weighted by molar-refractivity contribution is 5.43. The van der Waals surface area contributed by atoms with Crippen LogP contribution in [0.1, 0.15) is 13.8 Å². The topological polar surface area (TPSA) is 58.2 Å². The molecule has 2 heterocycles. The highest BCUT2D eigenvalue weighted by Crippen LogP contribution is 2.17. The average molecular weight is 209 g/mol. The van der Waals surface area contributed by atoms with Gasteiger partial charge in [-0.2, -0.15) is 5.10 Å². The second kappa shape index (κ2) is 4.02. The molecular weight excluding hydrogens is 194 g/mol. The molecule has 0 bridgehead atoms. The third kappa shape index (κ3) is 2.36. The van der Waals surface area contributed by atoms with Gasteiger partial charge in [-0.3, -0.25) is 4.79 Å². The molecule has 2 atom stereocenters. The number of aromatic nitrogens is 2. The van der Waals surface area contributed by atoms with Gasteiger partial charge in [-0.1, -0.05) is 0 Å². The number of morpholine rings is 1. The molecule has 1 aliphatic rings. The van der Waals surface area contributed by atoms with E-state index in [2.05, 4.69) is 15.1 Å². The Morgan fingerprint density at radius 2 is 2.13 bits per heavy atom. The Bertz CT molecular complexity index is 380. The van der Waals surface area contributed by atoms with E-state index in [0.717, 1.165) is 18.8 Å². The van der Waals surface area contributed by atoms with Crippen molar-refractivity contribution in [2.45, 2.75) is 26.1 Å². The lowest BCUT2D eigenvalue weighted by Gasteiger charge is -2.36. The van der Waals surface area contributed by atoms with E-state index in [1.165, 1.54) is 0 Å². The summed E-state index contributed by atoms with van der Waals surface area (Å²) in [5.41, 5.74) is 0.694. The van der Waals surface area contributed by atoms with E-state index in [1.807, 2.05) is 13.8 Å². The molecule has 1 N–H and O–H groups in total. The molecule has 0 spiro atoms. The van der Waals surface area contributed by atoms with Crippen LogP contribution in [0.25, 0.3) is 0 Å². The quantitative estimate of drug-likeness (QED) is 0.726. The molecule has 0 amide bonds. The zero-order valence-corrected chi connectivity index (χ0v) is 8.93. The van der Waals surface area contributed by atoms with Crippen LogP contribution in [0, 0.1) is 0 Å². The largest absolute Gasteiger partial charge is 0.372 e. The summed E-state index contributed by atoms with van der Waals surface area (Å²) in [6, 6.07) is 1.57. The lowest BCUT2D eigenvalue weighted by Crippen LogP contribution is -2.45. The van der Waals surface area contributed by atoms with Crippen molar-refractivity contribution < 1.29 is 4.74 Å². The maximum absolute atomic E-state index is 11.1. The van der Waals surface area contributed by atoms with Crippen LogP contribution < -0.4 is 10.5 Å². The van der Waals surface area contributed by atoms with Crippen molar-refractivity contribution in [1.29, 1.82) is 0 Å². The van der Waals surface area contributed by atoms with Gasteiger partial charge >= 0.3 is 0 Å². The Hall–Kier alpha value is -1.36. The Balaban J connectivity index is 2.19. The fraction of sp³-hybridized carbons (Fsp3) is 0.600. The summed E-state index contributed by atoms with van der Waals surface area (Å²) in [6.07, 6.45) is 2.05. The number of hydrogen-bond donors (Lipinski definition) is 1. The van der Waals surface area contributed by atoms with Crippen molar-refractivity contribution in [2.24, 2.45) is 0 Å². The molecule has 5 heteroatoms. The van der Waals surface area contributed by atoms with Crippen molar-refractivity contribution in [3.8, 4) is 0 Å². The summed E-state index contributed by atoms with van der Waals surface area (Å²) in [5.74, 6) is 0. The van der Waals surface area contributed by atoms with Gasteiger partial charge in [-0.25, -0.2) is 5.10 Å². The highest BCUT2D eigenvalue weighted by atomic mass is 16.5. The second-order valence-electron chi connectivity index (χ2n) is 3.97. The molecule has 2 rings (SSSR count). The molecule has 15 heavy (non-hydrogen) atoms. The van der Waals surface area contributed by atoms with Crippen LogP contribution in [0.15, 0.2) is 17.1 Å². The molecule has 0 aliphatic carbocycles. The van der Waals surface area contributed by atoms with Crippen LogP contribution in [0.4, 0.5) is 5.69 Å². The van der Waals surface area contributed by atoms with Gasteiger partial charge in [0.2, 0.25) is 0 Å². The van der Waals surface area contributed by atoms with E-state index in [0.29, 0.717) is 0 Å². The van der Waals surface area contributed by atoms with Gasteiger partial charge in [0.05, 0.1) is 24.1 Å². The molecule has 0 radical (unpaired) electrons. The van der Waals surface area contributed by atoms with Crippen LogP contribution in [-0.2, 0) is 4.74 Å². The van der Waals surface area contributed by atoms with Crippen LogP contribution >= 0.6 is 0 Å². The standard InChI is InChI=1S/C10H15N3O2/c1-7-5-13(6-8(2)15-7)9-3-10(14)12-11-4-9/h3-4,7-8H,5-6H2,1-2H3,(H,12,14). The Labute approximate surface area is 88.1 Å². The van der Waals surface area contributed by atoms with Gasteiger partial charge in [0.15, 0.2) is 0 Å². The predicted octanol–water partition coefficient (Wildman–Crippen LogP) is 0.383. The summed E-state index contributed by atoms with van der Waals surface area (Å²) in [6.45, 7) is 5.66. The van der Waals surface area contributed by atoms with E-state index >= 15 is 0 Å². The third-order valence-corrected chi connectivity index (χ3v) is 2.44. The molecular formula is C10H15N3O2. The number of ether oxygens (including phenoxy) is 1. The lowest BCUT2D eigenvalue weighted by molar-refractivity contribution is -0.00524. The summed E-state index contributed by atoms with van der Waals surface area (Å²) in [4.78, 5) is 13.2. The highest BCUT2D eigenvalue weighted by Gasteiger charge is 2.22. The number of hydrogen-bond acceptors (Lipinski definition) is 4. The summed E-state index contributed by atoms with van der Waals surface area (Å²) < 4.78 is 5.62. The number of nitrogens with one attached hydrogen (secondary N) is 1. The minimum absolute atomic E-state index is 0.167. The van der Waals surface area contributed by atoms with Gasteiger partial charge in [0.1, 0.15) is 0 Å². The fourth-order valence-corrected chi connectivity index (χ4v) is 1.93. The van der Waals surface area contributed by atoms with Crippen LogP contribution in [0.3, 0.4) is 0 Å². The third-order valence-electron chi connectivity index (χ3n) is 2.44. The molecule has 1 aliphatic heterocycles. The Morgan fingerprint density at radius 1 is 1.47 bits per heavy atom. The van der Waals surface area contributed by atoms with Crippen molar-refractivity contribution in [3.05, 3.63) is 22.6 Å². The van der Waals surface area contributed by atoms with Crippen LogP contribution in [0.2, 0.25) is 0 Å². The van der Waals surface area contributed by atoms with Crippen molar-refractivity contribution >= 4 is 5.69 Å². The maximum Gasteiger partial charge on any atom is 0.266 e. The van der Waals surface area contributed by atoms with Gasteiger partial charge in [0.25, 0.3) is 5.56 Å². The van der Waals surface area contributed by atoms with Crippen molar-refractivity contribution in [3.63, 3.8) is 0 Å². The summed E-state index contributed by atoms with van der Waals surface area (Å²) in [7, 11) is 0. The average Bonchev–Trinajstić information content (AvgIpc) is 2.16. The van der Waals surface area contributed by atoms with E-state index in [9.17, 15) is 4.79 Å². The summed E-state index contributed by atoms with van der Waals surface area (Å²) >= 11 is 0. The van der Waals surface area contributed by atoms with E-state index in [4.69, 9.17) is 4.74 Å². The first-order chi connectivity index (χ1) is 7.15. The first-order valence-electron chi connectivity index (χ1n) is 5.10. The number of rotatable bonds is 1. The number of nitrogens with zero attached hydrogens (tertiary/aromatic N) is 2. The zero-order chi connectivity index (χ0) is 10.8. The van der Waals surface area contributed by atoms with E-state index in [1.54, 1.807) is 12.3 Å². The molecule has 1 aromatic heterocycles. The van der Waals surface area contributed by atoms with Gasteiger partial charge in [-0.15, -0.1) is 0 Å². The number of H-pyrrole nitrogens is 1. The first kappa shape index (κ1) is 10.2. The molecule has 1 fully saturated rings. The molecule has 2 unspecified atom stereocenters. The monoisotopic (exact) mass is 209 g/mol. The molecule has 1 aromatic rings. The Kier molecular flexibility index (Phi) is 2.73. The lowest BCUT2D eigenvalue weighted by atomic mass is 10.2. The number of anilines is 1. The minimum atomic E-state index is -0.167. The molecule has 1 saturated heterocycles. The van der Waals surface area contributed by atoms with Gasteiger partial charge in [-0.05, 0) is 13.8 Å². The minimum Gasteiger partial charge on any atom is -0.372 e. The van der Waals surface area contributed by atoms with Gasteiger partial charge in [0, 0.05) is 19.2 Å². The van der Waals surface area contributed by atoms with Crippen LogP contribution in [0.5, 0.6) is 0 Å². The zero-order valence-electron chi connectivity index (χ0n) is 8.93. The SMILES string of the molecule is CC1CN(c2cn[nH]c(=O)c2)CC(C)O1. The Morgan fingerprint density at radius 3 is 2.73 bits per heavy atom. The molecule has 5 nitrogen and oxygen atoms in total. The molecule has 0 saturated carbocycles. The normalized spacial score (nSPS) is 26.7. The predicted molar refractivity (Wildman–Crippen MR) is 57.1 cm³/mol. The van der Waals surface area contributed by atoms with Crippen molar-refractivity contribution in [1.82, 2.24) is 10.2 Å².